The van der Waals surface area contributed by atoms with Crippen LogP contribution in [0.2, 0.25) is 0 Å². The molecule has 7 aromatic carbocycles. The maximum absolute atomic E-state index is 2.41. The monoisotopic (exact) mass is 602 g/mol. The molecule has 9 rings (SSSR count). The summed E-state index contributed by atoms with van der Waals surface area (Å²) in [6.07, 6.45) is 2.16. The molecule has 2 heteroatoms. The summed E-state index contributed by atoms with van der Waals surface area (Å²) < 4.78 is 2.25. The summed E-state index contributed by atoms with van der Waals surface area (Å²) in [5.41, 5.74) is 13.6. The first-order valence-electron chi connectivity index (χ1n) is 16.3. The zero-order valence-corrected chi connectivity index (χ0v) is 26.6. The van der Waals surface area contributed by atoms with E-state index in [1.54, 1.807) is 0 Å². The molecule has 1 aliphatic rings. The molecule has 0 aliphatic heterocycles. The fraction of sp³-hybridized carbons (Fsp3) is 0.0667. The zero-order valence-electron chi connectivity index (χ0n) is 26.6. The van der Waals surface area contributed by atoms with Crippen molar-refractivity contribution in [3.05, 3.63) is 181 Å². The molecule has 0 radical (unpaired) electrons. The maximum atomic E-state index is 2.41. The van der Waals surface area contributed by atoms with E-state index < -0.39 is 0 Å². The third kappa shape index (κ3) is 4.48. The van der Waals surface area contributed by atoms with Crippen molar-refractivity contribution in [1.29, 1.82) is 0 Å². The molecule has 1 aromatic heterocycles. The summed E-state index contributed by atoms with van der Waals surface area (Å²) in [5.74, 6) is 0. The SMILES string of the molecule is CC1(C)c2ccccc2-c2ccc(N(c3ccc(-c4ccc5c(ccn5-c5ccccc5)c4)cc3)c3ccc4ccccc4c3)cc21. The fourth-order valence-electron chi connectivity index (χ4n) is 7.53. The minimum absolute atomic E-state index is 0.0705. The van der Waals surface area contributed by atoms with Gasteiger partial charge in [-0.05, 0) is 111 Å². The predicted octanol–water partition coefficient (Wildman–Crippen LogP) is 12.2. The van der Waals surface area contributed by atoms with Crippen LogP contribution in [0, 0.1) is 0 Å². The van der Waals surface area contributed by atoms with Crippen LogP contribution in [0.5, 0.6) is 0 Å². The molecule has 1 heterocycles. The Kier molecular flexibility index (Phi) is 6.20. The van der Waals surface area contributed by atoms with Crippen LogP contribution in [0.15, 0.2) is 170 Å². The molecule has 47 heavy (non-hydrogen) atoms. The van der Waals surface area contributed by atoms with Crippen molar-refractivity contribution in [3.63, 3.8) is 0 Å². The van der Waals surface area contributed by atoms with Crippen LogP contribution in [-0.2, 0) is 5.41 Å². The Bertz CT molecular complexity index is 2430. The first-order valence-corrected chi connectivity index (χ1v) is 16.3. The number of rotatable bonds is 5. The molecule has 0 amide bonds. The van der Waals surface area contributed by atoms with E-state index >= 15 is 0 Å². The van der Waals surface area contributed by atoms with E-state index in [-0.39, 0.29) is 5.41 Å². The highest BCUT2D eigenvalue weighted by molar-refractivity contribution is 5.92. The van der Waals surface area contributed by atoms with Gasteiger partial charge in [0.2, 0.25) is 0 Å². The third-order valence-electron chi connectivity index (χ3n) is 10.00. The zero-order chi connectivity index (χ0) is 31.5. The fourth-order valence-corrected chi connectivity index (χ4v) is 7.53. The summed E-state index contributed by atoms with van der Waals surface area (Å²) >= 11 is 0. The predicted molar refractivity (Wildman–Crippen MR) is 198 cm³/mol. The molecule has 224 valence electrons. The Morgan fingerprint density at radius 2 is 1.11 bits per heavy atom. The molecule has 0 saturated heterocycles. The number of fused-ring (bicyclic) bond motifs is 5. The average Bonchev–Trinajstić information content (AvgIpc) is 3.65. The maximum Gasteiger partial charge on any atom is 0.0528 e. The van der Waals surface area contributed by atoms with Gasteiger partial charge in [-0.3, -0.25) is 0 Å². The number of hydrogen-bond acceptors (Lipinski definition) is 1. The van der Waals surface area contributed by atoms with Gasteiger partial charge in [-0.1, -0.05) is 111 Å². The van der Waals surface area contributed by atoms with Gasteiger partial charge in [-0.15, -0.1) is 0 Å². The highest BCUT2D eigenvalue weighted by Crippen LogP contribution is 2.50. The molecule has 8 aromatic rings. The number of aromatic nitrogens is 1. The van der Waals surface area contributed by atoms with Crippen LogP contribution >= 0.6 is 0 Å². The van der Waals surface area contributed by atoms with E-state index in [2.05, 4.69) is 193 Å². The van der Waals surface area contributed by atoms with E-state index in [1.165, 1.54) is 60.7 Å². The normalized spacial score (nSPS) is 13.1. The van der Waals surface area contributed by atoms with Crippen molar-refractivity contribution in [2.45, 2.75) is 19.3 Å². The second-order valence-corrected chi connectivity index (χ2v) is 13.1. The second-order valence-electron chi connectivity index (χ2n) is 13.1. The molecule has 0 spiro atoms. The van der Waals surface area contributed by atoms with Gasteiger partial charge in [0.25, 0.3) is 0 Å². The van der Waals surface area contributed by atoms with Crippen molar-refractivity contribution >= 4 is 38.7 Å². The van der Waals surface area contributed by atoms with Crippen LogP contribution in [0.4, 0.5) is 17.1 Å². The summed E-state index contributed by atoms with van der Waals surface area (Å²) in [6.45, 7) is 4.70. The largest absolute Gasteiger partial charge is 0.317 e. The van der Waals surface area contributed by atoms with Gasteiger partial charge < -0.3 is 9.47 Å². The lowest BCUT2D eigenvalue weighted by atomic mass is 9.82. The van der Waals surface area contributed by atoms with E-state index in [0.717, 1.165) is 17.1 Å². The standard InChI is InChI=1S/C45H34N2/c1-45(2)42-15-9-8-14-40(42)41-24-23-39(30-43(41)45)47(38-22-18-31-10-6-7-11-33(31)29-38)37-20-16-32(17-21-37)34-19-25-44-35(28-34)26-27-46(44)36-12-4-3-5-13-36/h3-30H,1-2H3. The van der Waals surface area contributed by atoms with Crippen LogP contribution < -0.4 is 4.90 Å². The van der Waals surface area contributed by atoms with E-state index in [0.29, 0.717) is 0 Å². The Labute approximate surface area is 275 Å². The lowest BCUT2D eigenvalue weighted by molar-refractivity contribution is 0.660. The first-order chi connectivity index (χ1) is 23.0. The smallest absolute Gasteiger partial charge is 0.0528 e. The molecule has 0 N–H and O–H groups in total. The molecule has 0 atom stereocenters. The number of hydrogen-bond donors (Lipinski definition) is 0. The van der Waals surface area contributed by atoms with Crippen LogP contribution in [-0.4, -0.2) is 4.57 Å². The quantitative estimate of drug-likeness (QED) is 0.190. The Morgan fingerprint density at radius 3 is 1.96 bits per heavy atom. The molecule has 1 aliphatic carbocycles. The lowest BCUT2D eigenvalue weighted by Crippen LogP contribution is -2.16. The van der Waals surface area contributed by atoms with Crippen molar-refractivity contribution in [2.75, 3.05) is 4.90 Å². The minimum atomic E-state index is -0.0705. The van der Waals surface area contributed by atoms with Gasteiger partial charge in [0.1, 0.15) is 0 Å². The molecular weight excluding hydrogens is 569 g/mol. The number of para-hydroxylation sites is 1. The molecule has 0 saturated carbocycles. The van der Waals surface area contributed by atoms with Crippen LogP contribution in [0.25, 0.3) is 49.6 Å². The van der Waals surface area contributed by atoms with Crippen molar-refractivity contribution in [1.82, 2.24) is 4.57 Å². The Morgan fingerprint density at radius 1 is 0.447 bits per heavy atom. The number of nitrogens with zero attached hydrogens (tertiary/aromatic N) is 2. The summed E-state index contributed by atoms with van der Waals surface area (Å²) in [5, 5.41) is 3.71. The highest BCUT2D eigenvalue weighted by Gasteiger charge is 2.35. The van der Waals surface area contributed by atoms with Gasteiger partial charge in [0, 0.05) is 39.7 Å². The molecule has 0 unspecified atom stereocenters. The van der Waals surface area contributed by atoms with Crippen LogP contribution in [0.1, 0.15) is 25.0 Å². The number of anilines is 3. The van der Waals surface area contributed by atoms with E-state index in [9.17, 15) is 0 Å². The van der Waals surface area contributed by atoms with Gasteiger partial charge in [0.15, 0.2) is 0 Å². The van der Waals surface area contributed by atoms with E-state index in [1.807, 2.05) is 0 Å². The third-order valence-corrected chi connectivity index (χ3v) is 10.00. The Hall–Kier alpha value is -5.86. The first kappa shape index (κ1) is 27.5. The molecule has 0 bridgehead atoms. The molecular formula is C45H34N2. The number of benzene rings is 7. The topological polar surface area (TPSA) is 8.17 Å². The van der Waals surface area contributed by atoms with Gasteiger partial charge in [-0.25, -0.2) is 0 Å². The minimum Gasteiger partial charge on any atom is -0.317 e. The van der Waals surface area contributed by atoms with Crippen LogP contribution in [0.3, 0.4) is 0 Å². The second kappa shape index (κ2) is 10.6. The van der Waals surface area contributed by atoms with Gasteiger partial charge >= 0.3 is 0 Å². The van der Waals surface area contributed by atoms with Gasteiger partial charge in [-0.2, -0.15) is 0 Å². The van der Waals surface area contributed by atoms with Crippen molar-refractivity contribution in [2.24, 2.45) is 0 Å². The molecule has 2 nitrogen and oxygen atoms in total. The lowest BCUT2D eigenvalue weighted by Gasteiger charge is -2.28. The van der Waals surface area contributed by atoms with Crippen molar-refractivity contribution in [3.8, 4) is 27.9 Å². The van der Waals surface area contributed by atoms with E-state index in [4.69, 9.17) is 0 Å². The van der Waals surface area contributed by atoms with Crippen molar-refractivity contribution < 1.29 is 0 Å². The Balaban J connectivity index is 1.13. The van der Waals surface area contributed by atoms with Gasteiger partial charge in [0.05, 0.1) is 5.52 Å². The molecule has 0 fully saturated rings. The highest BCUT2D eigenvalue weighted by atomic mass is 15.1. The summed E-state index contributed by atoms with van der Waals surface area (Å²) in [7, 11) is 0. The average molecular weight is 603 g/mol. The summed E-state index contributed by atoms with van der Waals surface area (Å²) in [6, 6.07) is 59.8. The summed E-state index contributed by atoms with van der Waals surface area (Å²) in [4.78, 5) is 2.40.